The van der Waals surface area contributed by atoms with Crippen molar-refractivity contribution in [2.75, 3.05) is 13.1 Å². The van der Waals surface area contributed by atoms with Crippen LogP contribution in [-0.4, -0.2) is 41.1 Å². The fraction of sp³-hybridized carbons (Fsp3) is 0.857. The fourth-order valence-corrected chi connectivity index (χ4v) is 2.29. The molecule has 19 heavy (non-hydrogen) atoms. The molecular formula is C14H26N2O3. The summed E-state index contributed by atoms with van der Waals surface area (Å²) >= 11 is 0. The summed E-state index contributed by atoms with van der Waals surface area (Å²) < 4.78 is 0. The quantitative estimate of drug-likeness (QED) is 0.805. The van der Waals surface area contributed by atoms with Crippen molar-refractivity contribution in [1.29, 1.82) is 0 Å². The number of hydrogen-bond donors (Lipinski definition) is 2. The Balaban J connectivity index is 2.29. The van der Waals surface area contributed by atoms with Crippen molar-refractivity contribution in [3.8, 4) is 0 Å². The molecule has 1 unspecified atom stereocenters. The smallest absolute Gasteiger partial charge is 0.317 e. The molecule has 1 rings (SSSR count). The molecule has 0 radical (unpaired) electrons. The van der Waals surface area contributed by atoms with E-state index < -0.39 is 5.97 Å². The largest absolute Gasteiger partial charge is 0.481 e. The van der Waals surface area contributed by atoms with Gasteiger partial charge in [0, 0.05) is 19.1 Å². The van der Waals surface area contributed by atoms with Crippen molar-refractivity contribution in [2.24, 2.45) is 11.8 Å². The van der Waals surface area contributed by atoms with E-state index in [1.165, 1.54) is 0 Å². The third-order valence-corrected chi connectivity index (χ3v) is 3.68. The highest BCUT2D eigenvalue weighted by molar-refractivity contribution is 5.75. The summed E-state index contributed by atoms with van der Waals surface area (Å²) in [6, 6.07) is 0.118. The van der Waals surface area contributed by atoms with Crippen LogP contribution in [0.1, 0.15) is 46.5 Å². The number of likely N-dealkylation sites (tertiary alicyclic amines) is 1. The highest BCUT2D eigenvalue weighted by Crippen LogP contribution is 2.17. The van der Waals surface area contributed by atoms with E-state index in [2.05, 4.69) is 19.2 Å². The molecule has 0 aromatic heterocycles. The van der Waals surface area contributed by atoms with Crippen LogP contribution in [0.5, 0.6) is 0 Å². The molecule has 2 N–H and O–H groups in total. The maximum Gasteiger partial charge on any atom is 0.317 e. The Morgan fingerprint density at radius 1 is 1.21 bits per heavy atom. The lowest BCUT2D eigenvalue weighted by atomic mass is 9.97. The van der Waals surface area contributed by atoms with Gasteiger partial charge in [0.25, 0.3) is 0 Å². The third-order valence-electron chi connectivity index (χ3n) is 3.68. The maximum atomic E-state index is 12.0. The number of rotatable bonds is 5. The Hall–Kier alpha value is -1.26. The number of amides is 2. The Kier molecular flexibility index (Phi) is 6.12. The predicted molar refractivity (Wildman–Crippen MR) is 74.0 cm³/mol. The van der Waals surface area contributed by atoms with E-state index in [-0.39, 0.29) is 18.0 Å². The Labute approximate surface area is 115 Å². The lowest BCUT2D eigenvalue weighted by molar-refractivity contribution is -0.143. The van der Waals surface area contributed by atoms with E-state index >= 15 is 0 Å². The molecule has 1 heterocycles. The van der Waals surface area contributed by atoms with Gasteiger partial charge in [-0.3, -0.25) is 4.79 Å². The Morgan fingerprint density at radius 3 is 2.26 bits per heavy atom. The Bertz CT molecular complexity index is 310. The van der Waals surface area contributed by atoms with Gasteiger partial charge in [-0.2, -0.15) is 0 Å². The average Bonchev–Trinajstić information content (AvgIpc) is 2.36. The summed E-state index contributed by atoms with van der Waals surface area (Å²) in [6.07, 6.45) is 3.20. The third kappa shape index (κ3) is 5.49. The summed E-state index contributed by atoms with van der Waals surface area (Å²) in [6.45, 7) is 7.44. The Morgan fingerprint density at radius 2 is 1.79 bits per heavy atom. The van der Waals surface area contributed by atoms with Crippen LogP contribution in [0.2, 0.25) is 0 Å². The van der Waals surface area contributed by atoms with Gasteiger partial charge >= 0.3 is 12.0 Å². The monoisotopic (exact) mass is 270 g/mol. The molecular weight excluding hydrogens is 244 g/mol. The van der Waals surface area contributed by atoms with Gasteiger partial charge in [0.1, 0.15) is 0 Å². The first kappa shape index (κ1) is 15.8. The minimum atomic E-state index is -0.745. The summed E-state index contributed by atoms with van der Waals surface area (Å²) in [4.78, 5) is 24.6. The van der Waals surface area contributed by atoms with Gasteiger partial charge in [-0.15, -0.1) is 0 Å². The van der Waals surface area contributed by atoms with Crippen molar-refractivity contribution >= 4 is 12.0 Å². The number of urea groups is 1. The van der Waals surface area contributed by atoms with E-state index in [1.807, 2.05) is 6.92 Å². The molecule has 0 saturated carbocycles. The van der Waals surface area contributed by atoms with E-state index in [1.54, 1.807) is 4.90 Å². The summed E-state index contributed by atoms with van der Waals surface area (Å²) in [5.41, 5.74) is 0. The van der Waals surface area contributed by atoms with Crippen molar-refractivity contribution in [2.45, 2.75) is 52.5 Å². The van der Waals surface area contributed by atoms with Crippen molar-refractivity contribution in [3.05, 3.63) is 0 Å². The van der Waals surface area contributed by atoms with Gasteiger partial charge in [0.05, 0.1) is 5.92 Å². The number of carboxylic acid groups (broad SMARTS) is 1. The summed E-state index contributed by atoms with van der Waals surface area (Å²) in [5.74, 6) is -0.390. The van der Waals surface area contributed by atoms with Crippen LogP contribution < -0.4 is 5.32 Å². The van der Waals surface area contributed by atoms with Crippen molar-refractivity contribution < 1.29 is 14.7 Å². The van der Waals surface area contributed by atoms with Crippen LogP contribution in [0.4, 0.5) is 4.79 Å². The topological polar surface area (TPSA) is 69.6 Å². The number of nitrogens with zero attached hydrogens (tertiary/aromatic N) is 1. The minimum absolute atomic E-state index is 0.0555. The highest BCUT2D eigenvalue weighted by atomic mass is 16.4. The first-order chi connectivity index (χ1) is 8.90. The molecule has 2 amide bonds. The van der Waals surface area contributed by atoms with Crippen LogP contribution in [-0.2, 0) is 4.79 Å². The summed E-state index contributed by atoms with van der Waals surface area (Å²) in [7, 11) is 0. The molecule has 110 valence electrons. The normalized spacial score (nSPS) is 18.4. The number of carbonyl (C=O) groups excluding carboxylic acids is 1. The second-order valence-corrected chi connectivity index (χ2v) is 5.92. The standard InChI is InChI=1S/C14H26N2O3/c1-10(2)4-5-11(3)15-14(19)16-8-6-12(7-9-16)13(17)18/h10-12H,4-9H2,1-3H3,(H,15,19)(H,17,18). The molecule has 1 saturated heterocycles. The van der Waals surface area contributed by atoms with E-state index in [9.17, 15) is 9.59 Å². The predicted octanol–water partition coefficient (Wildman–Crippen LogP) is 2.32. The van der Waals surface area contributed by atoms with Crippen LogP contribution >= 0.6 is 0 Å². The van der Waals surface area contributed by atoms with Crippen LogP contribution in [0.25, 0.3) is 0 Å². The molecule has 0 aromatic rings. The molecule has 5 heteroatoms. The number of carbonyl (C=O) groups is 2. The lowest BCUT2D eigenvalue weighted by Gasteiger charge is -2.31. The average molecular weight is 270 g/mol. The van der Waals surface area contributed by atoms with Gasteiger partial charge in [0.2, 0.25) is 0 Å². The van der Waals surface area contributed by atoms with Crippen LogP contribution in [0.3, 0.4) is 0 Å². The summed E-state index contributed by atoms with van der Waals surface area (Å²) in [5, 5.41) is 11.9. The number of aliphatic carboxylic acids is 1. The van der Waals surface area contributed by atoms with Gasteiger partial charge in [-0.1, -0.05) is 13.8 Å². The molecule has 0 aromatic carbocycles. The van der Waals surface area contributed by atoms with Crippen molar-refractivity contribution in [1.82, 2.24) is 10.2 Å². The lowest BCUT2D eigenvalue weighted by Crippen LogP contribution is -2.47. The SMILES string of the molecule is CC(C)CCC(C)NC(=O)N1CCC(C(=O)O)CC1. The van der Waals surface area contributed by atoms with Gasteiger partial charge in [-0.05, 0) is 38.5 Å². The molecule has 0 bridgehead atoms. The molecule has 0 aliphatic carbocycles. The first-order valence-electron chi connectivity index (χ1n) is 7.18. The van der Waals surface area contributed by atoms with Gasteiger partial charge < -0.3 is 15.3 Å². The number of carboxylic acids is 1. The molecule has 5 nitrogen and oxygen atoms in total. The maximum absolute atomic E-state index is 12.0. The first-order valence-corrected chi connectivity index (χ1v) is 7.18. The molecule has 1 fully saturated rings. The molecule has 1 aliphatic heterocycles. The number of nitrogens with one attached hydrogen (secondary N) is 1. The zero-order chi connectivity index (χ0) is 14.4. The molecule has 0 spiro atoms. The van der Waals surface area contributed by atoms with E-state index in [0.717, 1.165) is 12.8 Å². The van der Waals surface area contributed by atoms with Crippen LogP contribution in [0.15, 0.2) is 0 Å². The van der Waals surface area contributed by atoms with Crippen LogP contribution in [0, 0.1) is 11.8 Å². The zero-order valence-electron chi connectivity index (χ0n) is 12.2. The van der Waals surface area contributed by atoms with Gasteiger partial charge in [-0.25, -0.2) is 4.79 Å². The van der Waals surface area contributed by atoms with E-state index in [4.69, 9.17) is 5.11 Å². The molecule has 1 aliphatic rings. The minimum Gasteiger partial charge on any atom is -0.481 e. The fourth-order valence-electron chi connectivity index (χ4n) is 2.29. The zero-order valence-corrected chi connectivity index (χ0v) is 12.2. The highest BCUT2D eigenvalue weighted by Gasteiger charge is 2.27. The van der Waals surface area contributed by atoms with Gasteiger partial charge in [0.15, 0.2) is 0 Å². The van der Waals surface area contributed by atoms with Crippen molar-refractivity contribution in [3.63, 3.8) is 0 Å². The van der Waals surface area contributed by atoms with E-state index in [0.29, 0.717) is 31.8 Å². The molecule has 1 atom stereocenters. The second kappa shape index (κ2) is 7.36. The number of piperidine rings is 1. The number of hydrogen-bond acceptors (Lipinski definition) is 2. The second-order valence-electron chi connectivity index (χ2n) is 5.92.